The van der Waals surface area contributed by atoms with Gasteiger partial charge in [-0.25, -0.2) is 9.13 Å². The van der Waals surface area contributed by atoms with Crippen molar-refractivity contribution in [3.05, 3.63) is 0 Å². The molecule has 0 spiro atoms. The van der Waals surface area contributed by atoms with Crippen LogP contribution < -0.4 is 0 Å². The summed E-state index contributed by atoms with van der Waals surface area (Å²) < 4.78 is 68.8. The minimum Gasteiger partial charge on any atom is -0.462 e. The summed E-state index contributed by atoms with van der Waals surface area (Å²) in [5.74, 6) is 0.222. The topological polar surface area (TPSA) is 237 Å². The fraction of sp³-hybridized carbons (Fsp3) is 0.951. The van der Waals surface area contributed by atoms with Crippen LogP contribution in [0.3, 0.4) is 0 Å². The van der Waals surface area contributed by atoms with Crippen molar-refractivity contribution in [1.29, 1.82) is 0 Å². The third kappa shape index (κ3) is 76.1. The molecule has 0 aliphatic carbocycles. The van der Waals surface area contributed by atoms with Crippen LogP contribution in [0.5, 0.6) is 0 Å². The molecule has 0 aliphatic heterocycles. The Morgan fingerprint density at radius 2 is 0.455 bits per heavy atom. The average molecular weight is 1480 g/mol. The molecule has 0 aliphatic rings. The van der Waals surface area contributed by atoms with Crippen LogP contribution in [0.15, 0.2) is 0 Å². The smallest absolute Gasteiger partial charge is 0.462 e. The summed E-state index contributed by atoms with van der Waals surface area (Å²) in [6.45, 7) is 12.0. The number of hydrogen-bond acceptors (Lipinski definition) is 15. The van der Waals surface area contributed by atoms with E-state index in [2.05, 4.69) is 48.5 Å². The summed E-state index contributed by atoms with van der Waals surface area (Å²) in [5.41, 5.74) is 0. The van der Waals surface area contributed by atoms with Gasteiger partial charge in [0.2, 0.25) is 0 Å². The Hall–Kier alpha value is -1.94. The lowest BCUT2D eigenvalue weighted by Gasteiger charge is -2.21. The van der Waals surface area contributed by atoms with E-state index in [-0.39, 0.29) is 25.7 Å². The number of carbonyl (C=O) groups excluding carboxylic acids is 4. The highest BCUT2D eigenvalue weighted by molar-refractivity contribution is 7.47. The number of phosphoric acid groups is 2. The first-order valence-corrected chi connectivity index (χ1v) is 45.3. The van der Waals surface area contributed by atoms with Gasteiger partial charge in [-0.3, -0.25) is 37.3 Å². The molecule has 0 radical (unpaired) electrons. The van der Waals surface area contributed by atoms with E-state index in [1.165, 1.54) is 238 Å². The van der Waals surface area contributed by atoms with Gasteiger partial charge >= 0.3 is 39.5 Å². The van der Waals surface area contributed by atoms with Gasteiger partial charge in [-0.15, -0.1) is 0 Å². The number of aliphatic hydroxyl groups excluding tert-OH is 1. The minimum absolute atomic E-state index is 0.106. The molecule has 3 N–H and O–H groups in total. The van der Waals surface area contributed by atoms with E-state index in [0.29, 0.717) is 25.7 Å². The molecule has 17 nitrogen and oxygen atoms in total. The second-order valence-electron chi connectivity index (χ2n) is 30.9. The van der Waals surface area contributed by atoms with Crippen LogP contribution in [0.2, 0.25) is 0 Å². The zero-order valence-corrected chi connectivity index (χ0v) is 68.2. The van der Waals surface area contributed by atoms with Gasteiger partial charge in [0.25, 0.3) is 0 Å². The number of phosphoric ester groups is 2. The lowest BCUT2D eigenvalue weighted by atomic mass is 10.0. The second-order valence-corrected chi connectivity index (χ2v) is 33.8. The molecule has 0 aromatic heterocycles. The second kappa shape index (κ2) is 72.3. The molecule has 19 heteroatoms. The van der Waals surface area contributed by atoms with E-state index in [0.717, 1.165) is 108 Å². The van der Waals surface area contributed by atoms with E-state index in [4.69, 9.17) is 37.0 Å². The number of aliphatic hydroxyl groups is 1. The maximum atomic E-state index is 13.1. The molecule has 0 saturated carbocycles. The fourth-order valence-corrected chi connectivity index (χ4v) is 14.2. The van der Waals surface area contributed by atoms with Crippen molar-refractivity contribution in [2.45, 2.75) is 446 Å². The zero-order valence-electron chi connectivity index (χ0n) is 66.4. The van der Waals surface area contributed by atoms with Crippen molar-refractivity contribution < 1.29 is 80.2 Å². The largest absolute Gasteiger partial charge is 0.472 e. The SMILES string of the molecule is CCCCCCCCCCCCCCCCC(=O)OC[C@H](COP(=O)(O)OC[C@@H](O)COP(=O)(O)OC[C@@H](COC(=O)CCCCCCCCCCCCC(C)C)OC(=O)CCCCCCCCCCCCC(C)C)OC(=O)CCCCCCCCCCCCCCCCCCCCC(C)C. The maximum Gasteiger partial charge on any atom is 0.472 e. The Bertz CT molecular complexity index is 1960. The van der Waals surface area contributed by atoms with Crippen molar-refractivity contribution in [3.8, 4) is 0 Å². The van der Waals surface area contributed by atoms with Gasteiger partial charge in [-0.1, -0.05) is 376 Å². The lowest BCUT2D eigenvalue weighted by Crippen LogP contribution is -2.30. The molecule has 0 aromatic rings. The Morgan fingerprint density at radius 1 is 0.267 bits per heavy atom. The first-order valence-electron chi connectivity index (χ1n) is 42.3. The summed E-state index contributed by atoms with van der Waals surface area (Å²) in [6, 6.07) is 0. The molecule has 0 saturated heterocycles. The molecule has 0 aromatic carbocycles. The molecule has 5 atom stereocenters. The third-order valence-electron chi connectivity index (χ3n) is 19.1. The quantitative estimate of drug-likeness (QED) is 0.0222. The van der Waals surface area contributed by atoms with Crippen LogP contribution in [0.1, 0.15) is 427 Å². The predicted molar refractivity (Wildman–Crippen MR) is 414 cm³/mol. The van der Waals surface area contributed by atoms with E-state index in [1.54, 1.807) is 0 Å². The molecule has 2 unspecified atom stereocenters. The van der Waals surface area contributed by atoms with Gasteiger partial charge < -0.3 is 33.8 Å². The predicted octanol–water partition coefficient (Wildman–Crippen LogP) is 24.5. The van der Waals surface area contributed by atoms with Crippen LogP contribution in [-0.4, -0.2) is 96.7 Å². The van der Waals surface area contributed by atoms with Crippen LogP contribution in [0.4, 0.5) is 0 Å². The van der Waals surface area contributed by atoms with Crippen molar-refractivity contribution in [2.24, 2.45) is 17.8 Å². The van der Waals surface area contributed by atoms with Gasteiger partial charge in [-0.2, -0.15) is 0 Å². The maximum absolute atomic E-state index is 13.1. The van der Waals surface area contributed by atoms with E-state index < -0.39 is 97.5 Å². The number of esters is 4. The molecular weight excluding hydrogens is 1320 g/mol. The Kier molecular flexibility index (Phi) is 70.9. The first kappa shape index (κ1) is 99.1. The highest BCUT2D eigenvalue weighted by Gasteiger charge is 2.30. The molecule has 0 heterocycles. The van der Waals surface area contributed by atoms with Crippen LogP contribution in [-0.2, 0) is 65.4 Å². The summed E-state index contributed by atoms with van der Waals surface area (Å²) in [7, 11) is -9.92. The third-order valence-corrected chi connectivity index (χ3v) is 21.0. The first-order chi connectivity index (χ1) is 48.7. The number of carbonyl (C=O) groups is 4. The zero-order chi connectivity index (χ0) is 74.4. The number of rotatable bonds is 80. The molecular formula is C82H160O17P2. The Morgan fingerprint density at radius 3 is 0.673 bits per heavy atom. The van der Waals surface area contributed by atoms with Crippen molar-refractivity contribution in [2.75, 3.05) is 39.6 Å². The van der Waals surface area contributed by atoms with Crippen LogP contribution >= 0.6 is 15.6 Å². The number of unbranched alkanes of at least 4 members (excludes halogenated alkanes) is 48. The van der Waals surface area contributed by atoms with Crippen molar-refractivity contribution in [1.82, 2.24) is 0 Å². The molecule has 0 fully saturated rings. The highest BCUT2D eigenvalue weighted by Crippen LogP contribution is 2.45. The van der Waals surface area contributed by atoms with Gasteiger partial charge in [0.15, 0.2) is 12.2 Å². The van der Waals surface area contributed by atoms with Crippen molar-refractivity contribution >= 4 is 39.5 Å². The summed E-state index contributed by atoms with van der Waals surface area (Å²) in [5, 5.41) is 10.6. The van der Waals surface area contributed by atoms with Gasteiger partial charge in [-0.05, 0) is 43.4 Å². The monoisotopic (exact) mass is 1480 g/mol. The normalized spacial score (nSPS) is 14.0. The van der Waals surface area contributed by atoms with Gasteiger partial charge in [0.05, 0.1) is 26.4 Å². The highest BCUT2D eigenvalue weighted by atomic mass is 31.2. The van der Waals surface area contributed by atoms with Crippen LogP contribution in [0, 0.1) is 17.8 Å². The molecule has 101 heavy (non-hydrogen) atoms. The van der Waals surface area contributed by atoms with Gasteiger partial charge in [0.1, 0.15) is 19.3 Å². The molecule has 0 amide bonds. The minimum atomic E-state index is -4.96. The average Bonchev–Trinajstić information content (AvgIpc) is 0.965. The number of ether oxygens (including phenoxy) is 4. The molecule has 0 rings (SSSR count). The van der Waals surface area contributed by atoms with E-state index in [1.807, 2.05) is 0 Å². The summed E-state index contributed by atoms with van der Waals surface area (Å²) >= 11 is 0. The lowest BCUT2D eigenvalue weighted by molar-refractivity contribution is -0.161. The van der Waals surface area contributed by atoms with E-state index >= 15 is 0 Å². The summed E-state index contributed by atoms with van der Waals surface area (Å²) in [6.07, 6.45) is 61.0. The van der Waals surface area contributed by atoms with Crippen LogP contribution in [0.25, 0.3) is 0 Å². The molecule has 600 valence electrons. The Labute approximate surface area is 619 Å². The van der Waals surface area contributed by atoms with Crippen molar-refractivity contribution in [3.63, 3.8) is 0 Å². The fourth-order valence-electron chi connectivity index (χ4n) is 12.7. The molecule has 0 bridgehead atoms. The standard InChI is InChI=1S/C82H160O17P2/c1-8-9-10-11-12-13-14-15-23-26-35-42-49-56-63-79(84)92-69-77(98-81(86)65-58-51-44-37-27-24-21-19-17-16-18-20-22-25-32-39-46-53-60-73(2)3)71-96-100(88,89)94-67-76(83)68-95-101(90,91)97-72-78(99-82(87)66-59-52-45-38-31-29-34-41-48-55-62-75(6)7)70-93-80(85)64-57-50-43-36-30-28-33-40-47-54-61-74(4)5/h73-78,83H,8-72H2,1-7H3,(H,88,89)(H,90,91)/t76-,77-,78-/m1/s1. The van der Waals surface area contributed by atoms with Gasteiger partial charge in [0, 0.05) is 25.7 Å². The van der Waals surface area contributed by atoms with E-state index in [9.17, 15) is 43.2 Å². The summed E-state index contributed by atoms with van der Waals surface area (Å²) in [4.78, 5) is 73.1. The number of hydrogen-bond donors (Lipinski definition) is 3. The Balaban J connectivity index is 5.24.